The van der Waals surface area contributed by atoms with Gasteiger partial charge in [0.2, 0.25) is 5.43 Å². The Kier molecular flexibility index (Phi) is 2.62. The molecular weight excluding hydrogens is 230 g/mol. The molecule has 0 fully saturated rings. The average molecular weight is 237 g/mol. The molecule has 16 heavy (non-hydrogen) atoms. The molecule has 1 aromatic heterocycles. The number of quaternary nitrogens is 1. The Hall–Kier alpha value is -1.87. The number of hydrogen-bond donors (Lipinski definition) is 3. The molecule has 0 spiro atoms. The highest BCUT2D eigenvalue weighted by molar-refractivity contribution is 6.35. The number of nitrogens with zero attached hydrogens (tertiary/aromatic N) is 1. The van der Waals surface area contributed by atoms with Crippen LogP contribution in [-0.4, -0.2) is 10.2 Å². The first kappa shape index (κ1) is 10.6. The second-order valence-electron chi connectivity index (χ2n) is 3.20. The average Bonchev–Trinajstić information content (AvgIpc) is 2.30. The lowest BCUT2D eigenvalue weighted by molar-refractivity contribution is -0.825. The van der Waals surface area contributed by atoms with Crippen LogP contribution in [0.1, 0.15) is 5.56 Å². The van der Waals surface area contributed by atoms with E-state index in [0.29, 0.717) is 16.2 Å². The summed E-state index contributed by atoms with van der Waals surface area (Å²) in [6.07, 6.45) is 1.32. The van der Waals surface area contributed by atoms with Crippen LogP contribution >= 0.6 is 11.6 Å². The van der Waals surface area contributed by atoms with E-state index in [-0.39, 0.29) is 10.9 Å². The van der Waals surface area contributed by atoms with Crippen LogP contribution in [0.15, 0.2) is 23.1 Å². The van der Waals surface area contributed by atoms with Crippen LogP contribution in [0.4, 0.5) is 5.69 Å². The van der Waals surface area contributed by atoms with Crippen LogP contribution in [0, 0.1) is 11.3 Å². The van der Waals surface area contributed by atoms with Gasteiger partial charge in [0, 0.05) is 18.3 Å². The maximum atomic E-state index is 11.8. The summed E-state index contributed by atoms with van der Waals surface area (Å²) in [5, 5.41) is 18.2. The Morgan fingerprint density at radius 3 is 2.88 bits per heavy atom. The van der Waals surface area contributed by atoms with Crippen molar-refractivity contribution < 1.29 is 10.7 Å². The third kappa shape index (κ3) is 1.55. The number of nitriles is 1. The quantitative estimate of drug-likeness (QED) is 0.501. The molecule has 80 valence electrons. The maximum absolute atomic E-state index is 11.8. The van der Waals surface area contributed by atoms with Crippen molar-refractivity contribution in [2.45, 2.75) is 0 Å². The predicted molar refractivity (Wildman–Crippen MR) is 57.7 cm³/mol. The van der Waals surface area contributed by atoms with E-state index < -0.39 is 5.43 Å². The summed E-state index contributed by atoms with van der Waals surface area (Å²) < 4.78 is 0. The van der Waals surface area contributed by atoms with Crippen molar-refractivity contribution in [2.24, 2.45) is 0 Å². The second-order valence-corrected chi connectivity index (χ2v) is 3.60. The van der Waals surface area contributed by atoms with Gasteiger partial charge >= 0.3 is 0 Å². The topological polar surface area (TPSA) is 93.5 Å². The molecule has 0 amide bonds. The van der Waals surface area contributed by atoms with Crippen molar-refractivity contribution >= 4 is 28.2 Å². The SMILES string of the molecule is N#Cc1c[nH]c2c(Cl)cc([NH2+]O)cc2c1=O. The fourth-order valence-electron chi connectivity index (χ4n) is 1.47. The molecule has 0 radical (unpaired) electrons. The summed E-state index contributed by atoms with van der Waals surface area (Å²) in [7, 11) is 0. The van der Waals surface area contributed by atoms with Gasteiger partial charge in [-0.3, -0.25) is 4.79 Å². The molecule has 0 aliphatic rings. The molecule has 1 heterocycles. The number of pyridine rings is 1. The van der Waals surface area contributed by atoms with Gasteiger partial charge in [-0.25, -0.2) is 5.21 Å². The minimum Gasteiger partial charge on any atom is -0.358 e. The Morgan fingerprint density at radius 2 is 2.25 bits per heavy atom. The summed E-state index contributed by atoms with van der Waals surface area (Å²) in [5.74, 6) is 0. The molecule has 0 atom stereocenters. The molecule has 0 saturated carbocycles. The van der Waals surface area contributed by atoms with Gasteiger partial charge in [-0.2, -0.15) is 10.7 Å². The monoisotopic (exact) mass is 236 g/mol. The van der Waals surface area contributed by atoms with Crippen LogP contribution < -0.4 is 10.9 Å². The first-order valence-corrected chi connectivity index (χ1v) is 4.77. The third-order valence-electron chi connectivity index (χ3n) is 2.23. The van der Waals surface area contributed by atoms with Gasteiger partial charge in [0.15, 0.2) is 5.69 Å². The number of fused-ring (bicyclic) bond motifs is 1. The van der Waals surface area contributed by atoms with Gasteiger partial charge in [0.05, 0.1) is 15.9 Å². The maximum Gasteiger partial charge on any atom is 0.207 e. The number of hydrogen-bond acceptors (Lipinski definition) is 3. The van der Waals surface area contributed by atoms with E-state index in [1.165, 1.54) is 18.3 Å². The Balaban J connectivity index is 2.93. The summed E-state index contributed by atoms with van der Waals surface area (Å²) in [6, 6.07) is 4.78. The fraction of sp³-hybridized carbons (Fsp3) is 0. The van der Waals surface area contributed by atoms with Gasteiger partial charge in [-0.05, 0) is 0 Å². The number of nitrogens with one attached hydrogen (secondary N) is 1. The molecule has 0 bridgehead atoms. The van der Waals surface area contributed by atoms with Crippen molar-refractivity contribution in [1.29, 1.82) is 5.26 Å². The van der Waals surface area contributed by atoms with Crippen LogP contribution in [0.25, 0.3) is 10.9 Å². The van der Waals surface area contributed by atoms with Gasteiger partial charge in [0.1, 0.15) is 11.6 Å². The number of H-pyrrole nitrogens is 1. The Labute approximate surface area is 94.9 Å². The number of nitrogens with two attached hydrogens (primary N) is 1. The lowest BCUT2D eigenvalue weighted by Crippen LogP contribution is -2.73. The molecule has 2 rings (SSSR count). The van der Waals surface area contributed by atoms with E-state index in [1.54, 1.807) is 6.07 Å². The van der Waals surface area contributed by atoms with E-state index in [4.69, 9.17) is 22.1 Å². The van der Waals surface area contributed by atoms with E-state index in [1.807, 2.05) is 0 Å². The Bertz CT molecular complexity index is 657. The number of rotatable bonds is 1. The van der Waals surface area contributed by atoms with Gasteiger partial charge in [0.25, 0.3) is 0 Å². The molecule has 1 aromatic carbocycles. The highest BCUT2D eigenvalue weighted by Crippen LogP contribution is 2.22. The summed E-state index contributed by atoms with van der Waals surface area (Å²) in [4.78, 5) is 14.6. The molecule has 5 nitrogen and oxygen atoms in total. The highest BCUT2D eigenvalue weighted by atomic mass is 35.5. The first-order valence-electron chi connectivity index (χ1n) is 4.40. The number of aromatic nitrogens is 1. The van der Waals surface area contributed by atoms with Gasteiger partial charge < -0.3 is 4.98 Å². The fourth-order valence-corrected chi connectivity index (χ4v) is 1.75. The zero-order chi connectivity index (χ0) is 11.7. The number of halogens is 1. The smallest absolute Gasteiger partial charge is 0.207 e. The molecule has 0 aliphatic carbocycles. The largest absolute Gasteiger partial charge is 0.358 e. The van der Waals surface area contributed by atoms with Crippen molar-refractivity contribution in [1.82, 2.24) is 4.98 Å². The predicted octanol–water partition coefficient (Wildman–Crippen LogP) is 0.637. The Morgan fingerprint density at radius 1 is 1.50 bits per heavy atom. The number of aromatic amines is 1. The molecule has 0 saturated heterocycles. The third-order valence-corrected chi connectivity index (χ3v) is 2.53. The molecule has 2 aromatic rings. The summed E-state index contributed by atoms with van der Waals surface area (Å²) >= 11 is 5.92. The van der Waals surface area contributed by atoms with Crippen LogP contribution in [0.2, 0.25) is 5.02 Å². The molecule has 0 unspecified atom stereocenters. The van der Waals surface area contributed by atoms with Crippen LogP contribution in [0.5, 0.6) is 0 Å². The van der Waals surface area contributed by atoms with Crippen molar-refractivity contribution in [3.8, 4) is 6.07 Å². The van der Waals surface area contributed by atoms with E-state index in [0.717, 1.165) is 5.48 Å². The summed E-state index contributed by atoms with van der Waals surface area (Å²) in [6.45, 7) is 0. The normalized spacial score (nSPS) is 10.3. The van der Waals surface area contributed by atoms with Crippen LogP contribution in [-0.2, 0) is 0 Å². The summed E-state index contributed by atoms with van der Waals surface area (Å²) in [5.41, 5.74) is 1.33. The lowest BCUT2D eigenvalue weighted by atomic mass is 10.1. The second kappa shape index (κ2) is 3.94. The minimum absolute atomic E-state index is 0.0126. The minimum atomic E-state index is -0.401. The first-order chi connectivity index (χ1) is 7.67. The lowest BCUT2D eigenvalue weighted by Gasteiger charge is -2.01. The standard InChI is InChI=1S/C10H6ClN3O2/c11-8-2-6(14-16)1-7-9(8)13-4-5(3-12)10(7)15/h1-2,4,14,16H,(H,13,15)/p+1. The number of benzene rings is 1. The molecular formula is C10H7ClN3O2+. The van der Waals surface area contributed by atoms with Crippen molar-refractivity contribution in [3.05, 3.63) is 39.1 Å². The molecule has 0 aliphatic heterocycles. The van der Waals surface area contributed by atoms with E-state index in [2.05, 4.69) is 4.98 Å². The zero-order valence-corrected chi connectivity index (χ0v) is 8.75. The molecule has 4 N–H and O–H groups in total. The van der Waals surface area contributed by atoms with Crippen LogP contribution in [0.3, 0.4) is 0 Å². The van der Waals surface area contributed by atoms with Gasteiger partial charge in [-0.1, -0.05) is 11.6 Å². The van der Waals surface area contributed by atoms with E-state index in [9.17, 15) is 4.79 Å². The van der Waals surface area contributed by atoms with Crippen molar-refractivity contribution in [2.75, 3.05) is 0 Å². The van der Waals surface area contributed by atoms with Gasteiger partial charge in [-0.15, -0.1) is 0 Å². The van der Waals surface area contributed by atoms with Crippen molar-refractivity contribution in [3.63, 3.8) is 0 Å². The highest BCUT2D eigenvalue weighted by Gasteiger charge is 2.10. The zero-order valence-electron chi connectivity index (χ0n) is 7.99. The molecule has 6 heteroatoms. The van der Waals surface area contributed by atoms with E-state index >= 15 is 0 Å².